The summed E-state index contributed by atoms with van der Waals surface area (Å²) in [6.45, 7) is 6.15. The summed E-state index contributed by atoms with van der Waals surface area (Å²) in [6.07, 6.45) is 0.849. The van der Waals surface area contributed by atoms with Gasteiger partial charge in [0.1, 0.15) is 0 Å². The van der Waals surface area contributed by atoms with E-state index in [0.29, 0.717) is 5.92 Å². The van der Waals surface area contributed by atoms with Crippen molar-refractivity contribution in [2.45, 2.75) is 26.8 Å². The fourth-order valence-electron chi connectivity index (χ4n) is 1.53. The van der Waals surface area contributed by atoms with Crippen LogP contribution in [-0.4, -0.2) is 18.3 Å². The number of halogens is 1. The molecule has 0 aromatic heterocycles. The standard InChI is InChI=1S/C13H20ClNO/c1-10(5-6-16)8-15-9-12-4-3-11(2)13(14)7-12/h3-4,7,10,15-16H,5-6,8-9H2,1-2H3. The van der Waals surface area contributed by atoms with E-state index in [2.05, 4.69) is 18.3 Å². The van der Waals surface area contributed by atoms with Crippen LogP contribution in [0.1, 0.15) is 24.5 Å². The van der Waals surface area contributed by atoms with Gasteiger partial charge >= 0.3 is 0 Å². The zero-order valence-electron chi connectivity index (χ0n) is 9.96. The van der Waals surface area contributed by atoms with Crippen LogP contribution in [0.2, 0.25) is 5.02 Å². The van der Waals surface area contributed by atoms with Gasteiger partial charge in [-0.1, -0.05) is 30.7 Å². The molecule has 1 atom stereocenters. The van der Waals surface area contributed by atoms with Crippen LogP contribution in [0, 0.1) is 12.8 Å². The molecule has 2 N–H and O–H groups in total. The average Bonchev–Trinajstić information content (AvgIpc) is 2.24. The Kier molecular flexibility index (Phi) is 5.81. The van der Waals surface area contributed by atoms with E-state index < -0.39 is 0 Å². The molecule has 0 aliphatic heterocycles. The maximum absolute atomic E-state index is 8.77. The predicted octanol–water partition coefficient (Wildman–Crippen LogP) is 2.76. The Morgan fingerprint density at radius 2 is 2.19 bits per heavy atom. The van der Waals surface area contributed by atoms with E-state index >= 15 is 0 Å². The first-order valence-corrected chi connectivity index (χ1v) is 6.08. The van der Waals surface area contributed by atoms with Gasteiger partial charge in [0.25, 0.3) is 0 Å². The Bertz CT molecular complexity index is 328. The summed E-state index contributed by atoms with van der Waals surface area (Å²) in [5, 5.41) is 13.0. The Morgan fingerprint density at radius 1 is 1.44 bits per heavy atom. The molecule has 0 saturated heterocycles. The lowest BCUT2D eigenvalue weighted by Crippen LogP contribution is -2.21. The number of nitrogens with one attached hydrogen (secondary N) is 1. The molecule has 0 heterocycles. The number of aliphatic hydroxyl groups is 1. The Morgan fingerprint density at radius 3 is 2.81 bits per heavy atom. The van der Waals surface area contributed by atoms with Crippen LogP contribution in [0.4, 0.5) is 0 Å². The molecular weight excluding hydrogens is 222 g/mol. The number of rotatable bonds is 6. The first kappa shape index (κ1) is 13.5. The van der Waals surface area contributed by atoms with Crippen molar-refractivity contribution in [3.05, 3.63) is 34.3 Å². The maximum Gasteiger partial charge on any atom is 0.0438 e. The van der Waals surface area contributed by atoms with E-state index in [1.54, 1.807) is 0 Å². The molecule has 0 aliphatic rings. The van der Waals surface area contributed by atoms with Crippen LogP contribution >= 0.6 is 11.6 Å². The van der Waals surface area contributed by atoms with Crippen molar-refractivity contribution < 1.29 is 5.11 Å². The maximum atomic E-state index is 8.77. The zero-order chi connectivity index (χ0) is 12.0. The smallest absolute Gasteiger partial charge is 0.0438 e. The van der Waals surface area contributed by atoms with E-state index in [4.69, 9.17) is 16.7 Å². The minimum Gasteiger partial charge on any atom is -0.396 e. The summed E-state index contributed by atoms with van der Waals surface area (Å²) >= 11 is 6.04. The van der Waals surface area contributed by atoms with E-state index in [1.165, 1.54) is 5.56 Å². The molecule has 90 valence electrons. The van der Waals surface area contributed by atoms with Crippen molar-refractivity contribution in [1.29, 1.82) is 0 Å². The van der Waals surface area contributed by atoms with Gasteiger partial charge < -0.3 is 10.4 Å². The first-order chi connectivity index (χ1) is 7.63. The molecule has 2 nitrogen and oxygen atoms in total. The molecule has 1 aromatic carbocycles. The summed E-state index contributed by atoms with van der Waals surface area (Å²) < 4.78 is 0. The normalized spacial score (nSPS) is 12.8. The average molecular weight is 242 g/mol. The molecule has 0 spiro atoms. The van der Waals surface area contributed by atoms with Gasteiger partial charge in [-0.3, -0.25) is 0 Å². The van der Waals surface area contributed by atoms with E-state index in [0.717, 1.165) is 30.1 Å². The van der Waals surface area contributed by atoms with Crippen LogP contribution in [0.3, 0.4) is 0 Å². The second-order valence-corrected chi connectivity index (χ2v) is 4.74. The lowest BCUT2D eigenvalue weighted by atomic mass is 10.1. The third-order valence-corrected chi connectivity index (χ3v) is 3.09. The zero-order valence-corrected chi connectivity index (χ0v) is 10.7. The van der Waals surface area contributed by atoms with Crippen LogP contribution in [0.25, 0.3) is 0 Å². The van der Waals surface area contributed by atoms with E-state index in [1.807, 2.05) is 19.1 Å². The van der Waals surface area contributed by atoms with Gasteiger partial charge in [0.2, 0.25) is 0 Å². The Balaban J connectivity index is 2.34. The summed E-state index contributed by atoms with van der Waals surface area (Å²) in [5.74, 6) is 0.505. The van der Waals surface area contributed by atoms with Crippen LogP contribution < -0.4 is 5.32 Å². The van der Waals surface area contributed by atoms with Crippen molar-refractivity contribution in [3.8, 4) is 0 Å². The third-order valence-electron chi connectivity index (χ3n) is 2.68. The molecule has 1 rings (SSSR count). The fraction of sp³-hybridized carbons (Fsp3) is 0.538. The molecule has 0 radical (unpaired) electrons. The number of aliphatic hydroxyl groups excluding tert-OH is 1. The van der Waals surface area contributed by atoms with Crippen LogP contribution in [0.15, 0.2) is 18.2 Å². The van der Waals surface area contributed by atoms with Crippen LogP contribution in [-0.2, 0) is 6.54 Å². The van der Waals surface area contributed by atoms with Gasteiger partial charge in [0, 0.05) is 18.2 Å². The molecule has 1 unspecified atom stereocenters. The third kappa shape index (κ3) is 4.52. The van der Waals surface area contributed by atoms with E-state index in [9.17, 15) is 0 Å². The molecule has 0 saturated carbocycles. The van der Waals surface area contributed by atoms with Gasteiger partial charge in [-0.2, -0.15) is 0 Å². The molecule has 0 bridgehead atoms. The van der Waals surface area contributed by atoms with Gasteiger partial charge in [-0.25, -0.2) is 0 Å². The van der Waals surface area contributed by atoms with Crippen molar-refractivity contribution in [1.82, 2.24) is 5.32 Å². The number of hydrogen-bond donors (Lipinski definition) is 2. The van der Waals surface area contributed by atoms with Crippen LogP contribution in [0.5, 0.6) is 0 Å². The minimum atomic E-state index is 0.263. The summed E-state index contributed by atoms with van der Waals surface area (Å²) in [6, 6.07) is 6.13. The molecule has 0 fully saturated rings. The monoisotopic (exact) mass is 241 g/mol. The summed E-state index contributed by atoms with van der Waals surface area (Å²) in [5.41, 5.74) is 2.31. The summed E-state index contributed by atoms with van der Waals surface area (Å²) in [4.78, 5) is 0. The molecular formula is C13H20ClNO. The lowest BCUT2D eigenvalue weighted by molar-refractivity contribution is 0.260. The lowest BCUT2D eigenvalue weighted by Gasteiger charge is -2.11. The predicted molar refractivity (Wildman–Crippen MR) is 68.8 cm³/mol. The first-order valence-electron chi connectivity index (χ1n) is 5.70. The van der Waals surface area contributed by atoms with E-state index in [-0.39, 0.29) is 6.61 Å². The quantitative estimate of drug-likeness (QED) is 0.803. The van der Waals surface area contributed by atoms with Gasteiger partial charge in [-0.15, -0.1) is 0 Å². The highest BCUT2D eigenvalue weighted by molar-refractivity contribution is 6.31. The van der Waals surface area contributed by atoms with Gasteiger partial charge in [0.15, 0.2) is 0 Å². The highest BCUT2D eigenvalue weighted by atomic mass is 35.5. The minimum absolute atomic E-state index is 0.263. The van der Waals surface area contributed by atoms with Crippen molar-refractivity contribution in [2.24, 2.45) is 5.92 Å². The van der Waals surface area contributed by atoms with Gasteiger partial charge in [0.05, 0.1) is 0 Å². The summed E-state index contributed by atoms with van der Waals surface area (Å²) in [7, 11) is 0. The van der Waals surface area contributed by atoms with Crippen molar-refractivity contribution >= 4 is 11.6 Å². The Labute approximate surface area is 103 Å². The molecule has 0 amide bonds. The number of benzene rings is 1. The highest BCUT2D eigenvalue weighted by Gasteiger charge is 2.01. The molecule has 0 aliphatic carbocycles. The second-order valence-electron chi connectivity index (χ2n) is 4.33. The number of hydrogen-bond acceptors (Lipinski definition) is 2. The topological polar surface area (TPSA) is 32.3 Å². The second kappa shape index (κ2) is 6.89. The molecule has 3 heteroatoms. The van der Waals surface area contributed by atoms with Crippen molar-refractivity contribution in [2.75, 3.05) is 13.2 Å². The molecule has 16 heavy (non-hydrogen) atoms. The Hall–Kier alpha value is -0.570. The van der Waals surface area contributed by atoms with Crippen molar-refractivity contribution in [3.63, 3.8) is 0 Å². The SMILES string of the molecule is Cc1ccc(CNCC(C)CCO)cc1Cl. The highest BCUT2D eigenvalue weighted by Crippen LogP contribution is 2.16. The largest absolute Gasteiger partial charge is 0.396 e. The number of aryl methyl sites for hydroxylation is 1. The van der Waals surface area contributed by atoms with Gasteiger partial charge in [-0.05, 0) is 43.0 Å². The molecule has 1 aromatic rings. The fourth-order valence-corrected chi connectivity index (χ4v) is 1.73.